The molecule has 5 aromatic rings. The van der Waals surface area contributed by atoms with Crippen molar-refractivity contribution in [2.24, 2.45) is 5.92 Å². The summed E-state index contributed by atoms with van der Waals surface area (Å²) in [6.07, 6.45) is 6.53. The zero-order valence-corrected chi connectivity index (χ0v) is 25.7. The first kappa shape index (κ1) is 30.2. The molecule has 0 unspecified atom stereocenters. The summed E-state index contributed by atoms with van der Waals surface area (Å²) in [5, 5.41) is 25.6. The van der Waals surface area contributed by atoms with Crippen molar-refractivity contribution in [1.29, 1.82) is 0 Å². The molecule has 230 valence electrons. The molecule has 6 rings (SSSR count). The first-order valence-corrected chi connectivity index (χ1v) is 15.0. The lowest BCUT2D eigenvalue weighted by molar-refractivity contribution is -0.119. The minimum atomic E-state index is -1.20. The molecule has 5 heterocycles. The first-order chi connectivity index (χ1) is 21.6. The highest BCUT2D eigenvalue weighted by Crippen LogP contribution is 2.31. The van der Waals surface area contributed by atoms with Gasteiger partial charge >= 0.3 is 5.97 Å². The van der Waals surface area contributed by atoms with E-state index in [0.29, 0.717) is 70.4 Å². The SMILES string of the molecule is CCc1c(C(=O)O)nn2c1NC(=O)[C@H](C)CCC[C@H](n1cnc(-c3cc(Cl)ccc3-n3cc(Cl)nn3)cc1=O)c1cc-2ccn1. The Balaban J connectivity index is 1.46. The number of halogens is 2. The largest absolute Gasteiger partial charge is 0.476 e. The van der Waals surface area contributed by atoms with E-state index in [9.17, 15) is 19.5 Å². The van der Waals surface area contributed by atoms with Gasteiger partial charge in [0.05, 0.1) is 41.3 Å². The van der Waals surface area contributed by atoms with Crippen LogP contribution >= 0.6 is 23.2 Å². The molecule has 1 aromatic carbocycles. The predicted octanol–water partition coefficient (Wildman–Crippen LogP) is 4.99. The molecule has 2 bridgehead atoms. The molecule has 1 amide bonds. The van der Waals surface area contributed by atoms with E-state index in [1.54, 1.807) is 43.5 Å². The Labute approximate surface area is 266 Å². The van der Waals surface area contributed by atoms with Gasteiger partial charge in [0.1, 0.15) is 5.82 Å². The van der Waals surface area contributed by atoms with Gasteiger partial charge in [-0.05, 0) is 49.6 Å². The Hall–Kier alpha value is -4.88. The van der Waals surface area contributed by atoms with Crippen molar-refractivity contribution < 1.29 is 14.7 Å². The molecule has 2 atom stereocenters. The fourth-order valence-corrected chi connectivity index (χ4v) is 5.80. The lowest BCUT2D eigenvalue weighted by Crippen LogP contribution is -2.27. The lowest BCUT2D eigenvalue weighted by Gasteiger charge is -2.22. The number of benzene rings is 1. The molecule has 0 radical (unpaired) electrons. The van der Waals surface area contributed by atoms with Crippen LogP contribution in [0.25, 0.3) is 22.6 Å². The van der Waals surface area contributed by atoms with Crippen molar-refractivity contribution >= 4 is 40.9 Å². The second-order valence-electron chi connectivity index (χ2n) is 10.7. The van der Waals surface area contributed by atoms with Gasteiger partial charge in [0, 0.05) is 34.3 Å². The van der Waals surface area contributed by atoms with Gasteiger partial charge in [-0.3, -0.25) is 19.1 Å². The van der Waals surface area contributed by atoms with Crippen molar-refractivity contribution in [3.63, 3.8) is 0 Å². The van der Waals surface area contributed by atoms with Crippen LogP contribution in [0.5, 0.6) is 0 Å². The monoisotopic (exact) mass is 647 g/mol. The number of fused-ring (bicyclic) bond motifs is 4. The van der Waals surface area contributed by atoms with Crippen molar-refractivity contribution in [3.8, 4) is 22.6 Å². The van der Waals surface area contributed by atoms with Crippen LogP contribution in [0.4, 0.5) is 5.82 Å². The lowest BCUT2D eigenvalue weighted by atomic mass is 9.98. The number of anilines is 1. The Morgan fingerprint density at radius 2 is 1.93 bits per heavy atom. The van der Waals surface area contributed by atoms with Crippen LogP contribution in [0.15, 0.2) is 59.9 Å². The minimum absolute atomic E-state index is 0.144. The number of aromatic nitrogens is 8. The van der Waals surface area contributed by atoms with Crippen LogP contribution in [0, 0.1) is 5.92 Å². The summed E-state index contributed by atoms with van der Waals surface area (Å²) in [6.45, 7) is 3.62. The molecule has 4 aromatic heterocycles. The molecule has 15 heteroatoms. The molecule has 0 saturated heterocycles. The van der Waals surface area contributed by atoms with Crippen LogP contribution in [0.1, 0.15) is 60.9 Å². The average molecular weight is 649 g/mol. The highest BCUT2D eigenvalue weighted by molar-refractivity contribution is 6.31. The molecule has 1 aliphatic heterocycles. The summed E-state index contributed by atoms with van der Waals surface area (Å²) in [4.78, 5) is 48.2. The zero-order valence-electron chi connectivity index (χ0n) is 24.2. The zero-order chi connectivity index (χ0) is 31.8. The maximum Gasteiger partial charge on any atom is 0.356 e. The number of carboxylic acid groups (broad SMARTS) is 1. The average Bonchev–Trinajstić information content (AvgIpc) is 3.62. The van der Waals surface area contributed by atoms with Crippen LogP contribution in [-0.2, 0) is 11.2 Å². The van der Waals surface area contributed by atoms with Crippen LogP contribution in [0.3, 0.4) is 0 Å². The fraction of sp³-hybridized carbons (Fsp3) is 0.267. The fourth-order valence-electron chi connectivity index (χ4n) is 5.51. The standard InChI is InChI=1S/C30H27Cl2N9O4/c1-3-19-27(30(44)45)37-41-18-9-10-33-22(12-18)24(6-4-5-16(2)29(43)35-28(19)41)39-15-34-21(13-26(39)42)20-11-17(31)7-8-23(20)40-14-25(32)36-38-40/h7-16,24H,3-6H2,1-2H3,(H,35,43)(H,44,45)/t16-,24+/m1/s1. The maximum atomic E-state index is 13.8. The highest BCUT2D eigenvalue weighted by Gasteiger charge is 2.27. The number of nitrogens with one attached hydrogen (secondary N) is 1. The second kappa shape index (κ2) is 12.3. The molecule has 13 nitrogen and oxygen atoms in total. The molecular weight excluding hydrogens is 621 g/mol. The van der Waals surface area contributed by atoms with Crippen molar-refractivity contribution in [3.05, 3.63) is 92.6 Å². The number of rotatable bonds is 5. The Morgan fingerprint density at radius 3 is 2.64 bits per heavy atom. The summed E-state index contributed by atoms with van der Waals surface area (Å²) in [7, 11) is 0. The van der Waals surface area contributed by atoms with E-state index in [2.05, 4.69) is 30.7 Å². The first-order valence-electron chi connectivity index (χ1n) is 14.2. The number of carboxylic acids is 1. The van der Waals surface area contributed by atoms with Crippen LogP contribution in [0.2, 0.25) is 10.2 Å². The number of hydrogen-bond donors (Lipinski definition) is 2. The molecule has 1 aliphatic rings. The Morgan fingerprint density at radius 1 is 1.11 bits per heavy atom. The van der Waals surface area contributed by atoms with Gasteiger partial charge in [-0.2, -0.15) is 5.10 Å². The number of carbonyl (C=O) groups excluding carboxylic acids is 1. The van der Waals surface area contributed by atoms with Gasteiger partial charge in [-0.1, -0.05) is 48.7 Å². The molecular formula is C30H27Cl2N9O4. The molecule has 45 heavy (non-hydrogen) atoms. The van der Waals surface area contributed by atoms with E-state index >= 15 is 0 Å². The Kier molecular flexibility index (Phi) is 8.21. The van der Waals surface area contributed by atoms with Crippen molar-refractivity contribution in [2.75, 3.05) is 5.32 Å². The van der Waals surface area contributed by atoms with E-state index in [-0.39, 0.29) is 28.2 Å². The van der Waals surface area contributed by atoms with Crippen LogP contribution < -0.4 is 10.9 Å². The number of amides is 1. The number of nitrogens with zero attached hydrogens (tertiary/aromatic N) is 8. The summed E-state index contributed by atoms with van der Waals surface area (Å²) in [5.41, 5.74) is 2.49. The summed E-state index contributed by atoms with van der Waals surface area (Å²) >= 11 is 12.3. The third kappa shape index (κ3) is 5.83. The van der Waals surface area contributed by atoms with Gasteiger partial charge in [-0.25, -0.2) is 19.1 Å². The minimum Gasteiger partial charge on any atom is -0.476 e. The molecule has 0 aliphatic carbocycles. The van der Waals surface area contributed by atoms with E-state index in [1.807, 2.05) is 6.92 Å². The third-order valence-corrected chi connectivity index (χ3v) is 8.22. The van der Waals surface area contributed by atoms with Gasteiger partial charge < -0.3 is 10.4 Å². The van der Waals surface area contributed by atoms with Crippen molar-refractivity contribution in [1.82, 2.24) is 39.3 Å². The van der Waals surface area contributed by atoms with E-state index in [0.717, 1.165) is 0 Å². The quantitative estimate of drug-likeness (QED) is 0.267. The van der Waals surface area contributed by atoms with Gasteiger partial charge in [0.15, 0.2) is 10.8 Å². The number of pyridine rings is 1. The molecule has 0 fully saturated rings. The summed E-state index contributed by atoms with van der Waals surface area (Å²) in [6, 6.07) is 9.41. The topological polar surface area (TPSA) is 163 Å². The van der Waals surface area contributed by atoms with Crippen molar-refractivity contribution in [2.45, 2.75) is 45.6 Å². The van der Waals surface area contributed by atoms with E-state index < -0.39 is 12.0 Å². The van der Waals surface area contributed by atoms with Crippen LogP contribution in [-0.4, -0.2) is 56.3 Å². The summed E-state index contributed by atoms with van der Waals surface area (Å²) < 4.78 is 4.40. The number of carbonyl (C=O) groups is 2. The maximum absolute atomic E-state index is 13.8. The van der Waals surface area contributed by atoms with E-state index in [4.69, 9.17) is 23.2 Å². The molecule has 2 N–H and O–H groups in total. The summed E-state index contributed by atoms with van der Waals surface area (Å²) in [5.74, 6) is -1.53. The third-order valence-electron chi connectivity index (χ3n) is 7.81. The van der Waals surface area contributed by atoms with Gasteiger partial charge in [-0.15, -0.1) is 5.10 Å². The van der Waals surface area contributed by atoms with Gasteiger partial charge in [0.2, 0.25) is 5.91 Å². The Bertz CT molecular complexity index is 2000. The second-order valence-corrected chi connectivity index (χ2v) is 11.5. The highest BCUT2D eigenvalue weighted by atomic mass is 35.5. The van der Waals surface area contributed by atoms with E-state index in [1.165, 1.54) is 32.5 Å². The normalized spacial score (nSPS) is 16.8. The molecule has 0 saturated carbocycles. The van der Waals surface area contributed by atoms with Gasteiger partial charge in [0.25, 0.3) is 5.56 Å². The molecule has 0 spiro atoms. The predicted molar refractivity (Wildman–Crippen MR) is 166 cm³/mol. The number of hydrogen-bond acceptors (Lipinski definition) is 8. The number of aromatic carboxylic acids is 1. The smallest absolute Gasteiger partial charge is 0.356 e.